The van der Waals surface area contributed by atoms with Crippen LogP contribution in [0.25, 0.3) is 0 Å². The molecule has 1 rings (SSSR count). The van der Waals surface area contributed by atoms with Crippen molar-refractivity contribution >= 4 is 33.2 Å². The highest BCUT2D eigenvalue weighted by molar-refractivity contribution is 9.10. The molecule has 0 saturated carbocycles. The summed E-state index contributed by atoms with van der Waals surface area (Å²) in [6.07, 6.45) is 6.90. The molecule has 0 heterocycles. The Hall–Kier alpha value is -0.720. The highest BCUT2D eigenvalue weighted by Gasteiger charge is 2.23. The van der Waals surface area contributed by atoms with Crippen LogP contribution in [0, 0.1) is 11.3 Å². The minimum Gasteiger partial charge on any atom is -0.368 e. The summed E-state index contributed by atoms with van der Waals surface area (Å²) in [6.45, 7) is 4.16. The van der Waals surface area contributed by atoms with Crippen molar-refractivity contribution in [3.8, 4) is 6.07 Å². The van der Waals surface area contributed by atoms with E-state index in [1.54, 1.807) is 0 Å². The van der Waals surface area contributed by atoms with Gasteiger partial charge in [-0.3, -0.25) is 0 Å². The summed E-state index contributed by atoms with van der Waals surface area (Å²) >= 11 is 9.38. The molecular weight excluding hydrogens is 336 g/mol. The number of hydrogen-bond acceptors (Lipinski definition) is 2. The lowest BCUT2D eigenvalue weighted by Gasteiger charge is -2.24. The van der Waals surface area contributed by atoms with Crippen LogP contribution >= 0.6 is 27.5 Å². The lowest BCUT2D eigenvalue weighted by molar-refractivity contribution is 0.522. The summed E-state index contributed by atoms with van der Waals surface area (Å²) in [4.78, 5) is 0. The normalized spacial score (nSPS) is 13.6. The van der Waals surface area contributed by atoms with Gasteiger partial charge < -0.3 is 5.32 Å². The third-order valence-electron chi connectivity index (χ3n) is 3.37. The van der Waals surface area contributed by atoms with Crippen molar-refractivity contribution in [2.75, 3.05) is 5.32 Å². The third-order valence-corrected chi connectivity index (χ3v) is 4.58. The Morgan fingerprint density at radius 2 is 2.00 bits per heavy atom. The molecule has 1 N–H and O–H groups in total. The van der Waals surface area contributed by atoms with E-state index < -0.39 is 5.54 Å². The maximum Gasteiger partial charge on any atom is 0.122 e. The van der Waals surface area contributed by atoms with Crippen LogP contribution in [0.1, 0.15) is 52.4 Å². The zero-order valence-corrected chi connectivity index (χ0v) is 14.5. The molecule has 1 aromatic rings. The maximum absolute atomic E-state index is 9.42. The minimum absolute atomic E-state index is 0.528. The molecule has 0 aliphatic carbocycles. The fourth-order valence-electron chi connectivity index (χ4n) is 2.12. The molecule has 0 amide bonds. The Kier molecular flexibility index (Phi) is 7.40. The van der Waals surface area contributed by atoms with Gasteiger partial charge >= 0.3 is 0 Å². The molecule has 1 atom stereocenters. The molecule has 110 valence electrons. The molecule has 0 radical (unpaired) electrons. The smallest absolute Gasteiger partial charge is 0.122 e. The molecule has 0 aliphatic rings. The SMILES string of the molecule is CCCCCCCC(C)(C#N)Nc1ccc(Cl)c(Br)c1. The van der Waals surface area contributed by atoms with Crippen LogP contribution < -0.4 is 5.32 Å². The molecule has 0 aromatic heterocycles. The first kappa shape index (κ1) is 17.3. The number of nitrogens with zero attached hydrogens (tertiary/aromatic N) is 1. The maximum atomic E-state index is 9.42. The highest BCUT2D eigenvalue weighted by Crippen LogP contribution is 2.28. The largest absolute Gasteiger partial charge is 0.368 e. The van der Waals surface area contributed by atoms with Gasteiger partial charge in [0.1, 0.15) is 5.54 Å². The van der Waals surface area contributed by atoms with Crippen molar-refractivity contribution < 1.29 is 0 Å². The summed E-state index contributed by atoms with van der Waals surface area (Å²) in [5.41, 5.74) is 0.387. The Morgan fingerprint density at radius 1 is 1.30 bits per heavy atom. The van der Waals surface area contributed by atoms with E-state index in [1.807, 2.05) is 25.1 Å². The molecular formula is C16H22BrClN2. The van der Waals surface area contributed by atoms with E-state index >= 15 is 0 Å². The van der Waals surface area contributed by atoms with E-state index in [-0.39, 0.29) is 0 Å². The average Bonchev–Trinajstić information content (AvgIpc) is 2.43. The van der Waals surface area contributed by atoms with Gasteiger partial charge in [-0.15, -0.1) is 0 Å². The van der Waals surface area contributed by atoms with Crippen molar-refractivity contribution in [2.24, 2.45) is 0 Å². The average molecular weight is 358 g/mol. The zero-order valence-electron chi connectivity index (χ0n) is 12.2. The van der Waals surface area contributed by atoms with Gasteiger partial charge in [-0.1, -0.05) is 50.6 Å². The van der Waals surface area contributed by atoms with E-state index in [4.69, 9.17) is 11.6 Å². The number of benzene rings is 1. The van der Waals surface area contributed by atoms with Crippen molar-refractivity contribution in [3.05, 3.63) is 27.7 Å². The monoisotopic (exact) mass is 356 g/mol. The molecule has 0 fully saturated rings. The molecule has 2 nitrogen and oxygen atoms in total. The number of unbranched alkanes of at least 4 members (excludes halogenated alkanes) is 4. The number of nitriles is 1. The van der Waals surface area contributed by atoms with Gasteiger partial charge in [-0.05, 0) is 47.5 Å². The van der Waals surface area contributed by atoms with Gasteiger partial charge in [0.15, 0.2) is 0 Å². The second-order valence-electron chi connectivity index (χ2n) is 5.36. The first-order valence-electron chi connectivity index (χ1n) is 7.15. The van der Waals surface area contributed by atoms with Crippen molar-refractivity contribution in [1.29, 1.82) is 5.26 Å². The fraction of sp³-hybridized carbons (Fsp3) is 0.562. The Labute approximate surface area is 135 Å². The van der Waals surface area contributed by atoms with Crippen molar-refractivity contribution in [1.82, 2.24) is 0 Å². The van der Waals surface area contributed by atoms with Crippen LogP contribution in [0.2, 0.25) is 5.02 Å². The number of halogens is 2. The molecule has 0 saturated heterocycles. The first-order valence-corrected chi connectivity index (χ1v) is 8.32. The predicted molar refractivity (Wildman–Crippen MR) is 90.2 cm³/mol. The summed E-state index contributed by atoms with van der Waals surface area (Å²) < 4.78 is 0.840. The second-order valence-corrected chi connectivity index (χ2v) is 6.62. The van der Waals surface area contributed by atoms with Crippen LogP contribution in [0.5, 0.6) is 0 Å². The lowest BCUT2D eigenvalue weighted by Crippen LogP contribution is -2.32. The Balaban J connectivity index is 2.56. The highest BCUT2D eigenvalue weighted by atomic mass is 79.9. The second kappa shape index (κ2) is 8.54. The van der Waals surface area contributed by atoms with Gasteiger partial charge in [-0.2, -0.15) is 5.26 Å². The number of hydrogen-bond donors (Lipinski definition) is 1. The number of rotatable bonds is 8. The molecule has 0 aliphatic heterocycles. The zero-order chi connectivity index (χ0) is 15.0. The van der Waals surface area contributed by atoms with E-state index in [1.165, 1.54) is 25.7 Å². The summed E-state index contributed by atoms with van der Waals surface area (Å²) in [6, 6.07) is 8.03. The van der Waals surface area contributed by atoms with Crippen LogP contribution in [0.15, 0.2) is 22.7 Å². The van der Waals surface area contributed by atoms with Crippen LogP contribution in [-0.4, -0.2) is 5.54 Å². The first-order chi connectivity index (χ1) is 9.50. The number of nitrogens with one attached hydrogen (secondary N) is 1. The lowest BCUT2D eigenvalue weighted by atomic mass is 9.95. The topological polar surface area (TPSA) is 35.8 Å². The molecule has 1 aromatic carbocycles. The van der Waals surface area contributed by atoms with E-state index in [2.05, 4.69) is 34.2 Å². The van der Waals surface area contributed by atoms with Crippen LogP contribution in [-0.2, 0) is 0 Å². The minimum atomic E-state index is -0.528. The molecule has 1 unspecified atom stereocenters. The Morgan fingerprint density at radius 3 is 2.60 bits per heavy atom. The summed E-state index contributed by atoms with van der Waals surface area (Å²) in [7, 11) is 0. The Bertz CT molecular complexity index is 470. The fourth-order valence-corrected chi connectivity index (χ4v) is 2.62. The van der Waals surface area contributed by atoms with Gasteiger partial charge in [0.2, 0.25) is 0 Å². The molecule has 0 bridgehead atoms. The quantitative estimate of drug-likeness (QED) is 0.566. The standard InChI is InChI=1S/C16H22BrClN2/c1-3-4-5-6-7-10-16(2,12-19)20-13-8-9-15(18)14(17)11-13/h8-9,11,20H,3-7,10H2,1-2H3. The van der Waals surface area contributed by atoms with E-state index in [0.717, 1.165) is 23.0 Å². The van der Waals surface area contributed by atoms with Crippen LogP contribution in [0.4, 0.5) is 5.69 Å². The molecule has 0 spiro atoms. The number of anilines is 1. The van der Waals surface area contributed by atoms with Gasteiger partial charge in [0, 0.05) is 10.2 Å². The van der Waals surface area contributed by atoms with E-state index in [0.29, 0.717) is 5.02 Å². The van der Waals surface area contributed by atoms with Gasteiger partial charge in [0.25, 0.3) is 0 Å². The van der Waals surface area contributed by atoms with Crippen molar-refractivity contribution in [2.45, 2.75) is 57.9 Å². The molecule has 20 heavy (non-hydrogen) atoms. The third kappa shape index (κ3) is 5.73. The van der Waals surface area contributed by atoms with Gasteiger partial charge in [0.05, 0.1) is 11.1 Å². The van der Waals surface area contributed by atoms with Crippen LogP contribution in [0.3, 0.4) is 0 Å². The van der Waals surface area contributed by atoms with Crippen molar-refractivity contribution in [3.63, 3.8) is 0 Å². The summed E-state index contributed by atoms with van der Waals surface area (Å²) in [5.74, 6) is 0. The predicted octanol–water partition coefficient (Wildman–Crippen LogP) is 6.16. The summed E-state index contributed by atoms with van der Waals surface area (Å²) in [5, 5.41) is 13.4. The van der Waals surface area contributed by atoms with Gasteiger partial charge in [-0.25, -0.2) is 0 Å². The van der Waals surface area contributed by atoms with E-state index in [9.17, 15) is 5.26 Å². The molecule has 4 heteroatoms.